The Morgan fingerprint density at radius 2 is 1.88 bits per heavy atom. The molecule has 1 saturated carbocycles. The second kappa shape index (κ2) is 7.53. The van der Waals surface area contributed by atoms with Crippen molar-refractivity contribution in [2.24, 2.45) is 0 Å². The van der Waals surface area contributed by atoms with E-state index >= 15 is 0 Å². The number of hydrogen-bond donors (Lipinski definition) is 2. The third-order valence-corrected chi connectivity index (χ3v) is 3.86. The van der Waals surface area contributed by atoms with Gasteiger partial charge in [0.2, 0.25) is 11.8 Å². The lowest BCUT2D eigenvalue weighted by molar-refractivity contribution is -0.124. The topological polar surface area (TPSA) is 79.9 Å². The Morgan fingerprint density at radius 3 is 2.62 bits per heavy atom. The molecule has 1 aliphatic carbocycles. The molecule has 130 valence electrons. The van der Waals surface area contributed by atoms with Crippen molar-refractivity contribution in [2.45, 2.75) is 25.0 Å². The molecule has 0 aromatic heterocycles. The van der Waals surface area contributed by atoms with E-state index in [1.165, 1.54) is 0 Å². The van der Waals surface area contributed by atoms with E-state index in [-0.39, 0.29) is 31.0 Å². The van der Waals surface area contributed by atoms with Gasteiger partial charge in [-0.3, -0.25) is 14.5 Å². The first kappa shape index (κ1) is 16.6. The van der Waals surface area contributed by atoms with Gasteiger partial charge in [0.1, 0.15) is 12.7 Å². The second-order valence-corrected chi connectivity index (χ2v) is 6.32. The molecule has 7 heteroatoms. The molecule has 1 fully saturated rings. The molecule has 1 aliphatic heterocycles. The molecule has 2 aliphatic rings. The van der Waals surface area contributed by atoms with E-state index in [4.69, 9.17) is 9.47 Å². The van der Waals surface area contributed by atoms with Crippen LogP contribution in [-0.2, 0) is 9.59 Å². The number of ether oxygens (including phenoxy) is 2. The van der Waals surface area contributed by atoms with Gasteiger partial charge in [-0.2, -0.15) is 0 Å². The summed E-state index contributed by atoms with van der Waals surface area (Å²) in [5.41, 5.74) is 0. The third kappa shape index (κ3) is 4.86. The molecule has 2 amide bonds. The summed E-state index contributed by atoms with van der Waals surface area (Å²) in [4.78, 5) is 25.4. The molecule has 24 heavy (non-hydrogen) atoms. The molecule has 0 saturated heterocycles. The number of carbonyl (C=O) groups is 2. The largest absolute Gasteiger partial charge is 0.486 e. The molecule has 2 N–H and O–H groups in total. The van der Waals surface area contributed by atoms with Gasteiger partial charge in [-0.1, -0.05) is 12.1 Å². The lowest BCUT2D eigenvalue weighted by atomic mass is 10.2. The smallest absolute Gasteiger partial charge is 0.234 e. The second-order valence-electron chi connectivity index (χ2n) is 6.32. The van der Waals surface area contributed by atoms with Crippen molar-refractivity contribution < 1.29 is 19.1 Å². The van der Waals surface area contributed by atoms with Crippen molar-refractivity contribution in [3.63, 3.8) is 0 Å². The first-order chi connectivity index (χ1) is 11.6. The van der Waals surface area contributed by atoms with Gasteiger partial charge >= 0.3 is 0 Å². The van der Waals surface area contributed by atoms with Gasteiger partial charge in [0.05, 0.1) is 19.6 Å². The molecular weight excluding hydrogens is 310 g/mol. The highest BCUT2D eigenvalue weighted by molar-refractivity contribution is 5.81. The number of amides is 2. The zero-order chi connectivity index (χ0) is 16.9. The molecule has 7 nitrogen and oxygen atoms in total. The van der Waals surface area contributed by atoms with Crippen LogP contribution in [0.5, 0.6) is 11.5 Å². The van der Waals surface area contributed by atoms with Gasteiger partial charge in [-0.05, 0) is 32.0 Å². The first-order valence-electron chi connectivity index (χ1n) is 8.23. The minimum atomic E-state index is -0.215. The van der Waals surface area contributed by atoms with Crippen LogP contribution in [0, 0.1) is 0 Å². The normalized spacial score (nSPS) is 19.0. The number of hydrogen-bond acceptors (Lipinski definition) is 5. The average Bonchev–Trinajstić information content (AvgIpc) is 3.36. The summed E-state index contributed by atoms with van der Waals surface area (Å²) in [5, 5.41) is 5.73. The zero-order valence-electron chi connectivity index (χ0n) is 13.8. The summed E-state index contributed by atoms with van der Waals surface area (Å²) < 4.78 is 11.4. The van der Waals surface area contributed by atoms with Gasteiger partial charge in [-0.15, -0.1) is 0 Å². The van der Waals surface area contributed by atoms with Gasteiger partial charge in [-0.25, -0.2) is 0 Å². The van der Waals surface area contributed by atoms with Gasteiger partial charge in [0, 0.05) is 6.04 Å². The molecule has 0 spiro atoms. The Morgan fingerprint density at radius 1 is 1.17 bits per heavy atom. The highest BCUT2D eigenvalue weighted by atomic mass is 16.6. The van der Waals surface area contributed by atoms with Crippen LogP contribution in [0.25, 0.3) is 0 Å². The number of nitrogens with one attached hydrogen (secondary N) is 2. The number of para-hydroxylation sites is 2. The predicted octanol–water partition coefficient (Wildman–Crippen LogP) is 0.153. The van der Waals surface area contributed by atoms with E-state index in [1.54, 1.807) is 11.9 Å². The minimum absolute atomic E-state index is 0.0339. The van der Waals surface area contributed by atoms with E-state index in [1.807, 2.05) is 24.3 Å². The average molecular weight is 333 g/mol. The number of carbonyl (C=O) groups excluding carboxylic acids is 2. The summed E-state index contributed by atoms with van der Waals surface area (Å²) in [6.07, 6.45) is 1.90. The van der Waals surface area contributed by atoms with Crippen LogP contribution in [0.15, 0.2) is 24.3 Å². The molecule has 0 radical (unpaired) electrons. The molecule has 3 rings (SSSR count). The fourth-order valence-corrected chi connectivity index (χ4v) is 2.49. The van der Waals surface area contributed by atoms with E-state index < -0.39 is 0 Å². The summed E-state index contributed by atoms with van der Waals surface area (Å²) >= 11 is 0. The van der Waals surface area contributed by atoms with Crippen LogP contribution in [0.1, 0.15) is 12.8 Å². The third-order valence-electron chi connectivity index (χ3n) is 3.86. The maximum Gasteiger partial charge on any atom is 0.234 e. The lowest BCUT2D eigenvalue weighted by Crippen LogP contribution is -2.45. The molecule has 1 aromatic rings. The number of nitrogens with zero attached hydrogens (tertiary/aromatic N) is 1. The number of benzene rings is 1. The highest BCUT2D eigenvalue weighted by Crippen LogP contribution is 2.30. The fraction of sp³-hybridized carbons (Fsp3) is 0.529. The van der Waals surface area contributed by atoms with E-state index in [0.29, 0.717) is 24.9 Å². The monoisotopic (exact) mass is 333 g/mol. The zero-order valence-corrected chi connectivity index (χ0v) is 13.8. The Balaban J connectivity index is 1.35. The number of rotatable bonds is 7. The minimum Gasteiger partial charge on any atom is -0.486 e. The van der Waals surface area contributed by atoms with Crippen molar-refractivity contribution in [3.8, 4) is 11.5 Å². The summed E-state index contributed by atoms with van der Waals surface area (Å²) in [7, 11) is 1.75. The van der Waals surface area contributed by atoms with Crippen LogP contribution in [-0.4, -0.2) is 62.1 Å². The van der Waals surface area contributed by atoms with Gasteiger partial charge in [0.15, 0.2) is 11.5 Å². The molecule has 0 unspecified atom stereocenters. The van der Waals surface area contributed by atoms with Crippen molar-refractivity contribution in [2.75, 3.05) is 33.3 Å². The van der Waals surface area contributed by atoms with Crippen LogP contribution >= 0.6 is 0 Å². The van der Waals surface area contributed by atoms with E-state index in [2.05, 4.69) is 10.6 Å². The van der Waals surface area contributed by atoms with Crippen molar-refractivity contribution in [1.82, 2.24) is 15.5 Å². The number of likely N-dealkylation sites (N-methyl/N-ethyl adjacent to an activating group) is 1. The van der Waals surface area contributed by atoms with Crippen molar-refractivity contribution >= 4 is 11.8 Å². The molecule has 0 bridgehead atoms. The standard InChI is InChI=1S/C17H23N3O4/c1-20(10-17(22)19-12-6-7-12)9-16(21)18-8-13-11-23-14-4-2-3-5-15(14)24-13/h2-5,12-13H,6-11H2,1H3,(H,18,21)(H,19,22)/t13-/m1/s1. The number of fused-ring (bicyclic) bond motifs is 1. The molecule has 1 heterocycles. The van der Waals surface area contributed by atoms with Crippen LogP contribution in [0.2, 0.25) is 0 Å². The Kier molecular flexibility index (Phi) is 5.20. The maximum absolute atomic E-state index is 12.0. The molecule has 1 aromatic carbocycles. The highest BCUT2D eigenvalue weighted by Gasteiger charge is 2.24. The van der Waals surface area contributed by atoms with Crippen LogP contribution < -0.4 is 20.1 Å². The van der Waals surface area contributed by atoms with Crippen molar-refractivity contribution in [3.05, 3.63) is 24.3 Å². The van der Waals surface area contributed by atoms with Crippen molar-refractivity contribution in [1.29, 1.82) is 0 Å². The quantitative estimate of drug-likeness (QED) is 0.743. The summed E-state index contributed by atoms with van der Waals surface area (Å²) in [5.74, 6) is 1.24. The first-order valence-corrected chi connectivity index (χ1v) is 8.23. The van der Waals surface area contributed by atoms with Crippen LogP contribution in [0.3, 0.4) is 0 Å². The lowest BCUT2D eigenvalue weighted by Gasteiger charge is -2.26. The Labute approximate surface area is 141 Å². The maximum atomic E-state index is 12.0. The molecular formula is C17H23N3O4. The SMILES string of the molecule is CN(CC(=O)NC[C@@H]1COc2ccccc2O1)CC(=O)NC1CC1. The Hall–Kier alpha value is -2.28. The van der Waals surface area contributed by atoms with E-state index in [0.717, 1.165) is 18.6 Å². The summed E-state index contributed by atoms with van der Waals surface area (Å²) in [6.45, 7) is 1.16. The Bertz CT molecular complexity index is 603. The van der Waals surface area contributed by atoms with Gasteiger partial charge < -0.3 is 20.1 Å². The van der Waals surface area contributed by atoms with E-state index in [9.17, 15) is 9.59 Å². The van der Waals surface area contributed by atoms with Crippen LogP contribution in [0.4, 0.5) is 0 Å². The fourth-order valence-electron chi connectivity index (χ4n) is 2.49. The summed E-state index contributed by atoms with van der Waals surface area (Å²) in [6, 6.07) is 7.80. The van der Waals surface area contributed by atoms with Gasteiger partial charge in [0.25, 0.3) is 0 Å². The predicted molar refractivity (Wildman–Crippen MR) is 88.0 cm³/mol. The molecule has 1 atom stereocenters.